The van der Waals surface area contributed by atoms with Gasteiger partial charge in [-0.25, -0.2) is 0 Å². The van der Waals surface area contributed by atoms with Crippen LogP contribution < -0.4 is 9.64 Å². The molecule has 1 aromatic carbocycles. The molecule has 2 rings (SSSR count). The molecule has 0 aromatic heterocycles. The summed E-state index contributed by atoms with van der Waals surface area (Å²) in [5, 5.41) is 0.687. The molecule has 0 saturated heterocycles. The summed E-state index contributed by atoms with van der Waals surface area (Å²) in [4.78, 5) is 14.6. The second kappa shape index (κ2) is 8.02. The number of rotatable bonds is 6. The van der Waals surface area contributed by atoms with E-state index in [9.17, 15) is 4.79 Å². The molecule has 1 unspecified atom stereocenters. The normalized spacial score (nSPS) is 15.5. The van der Waals surface area contributed by atoms with Crippen LogP contribution in [0.4, 0.5) is 5.69 Å². The molecule has 1 aliphatic rings. The van der Waals surface area contributed by atoms with E-state index in [0.29, 0.717) is 29.8 Å². The van der Waals surface area contributed by atoms with Gasteiger partial charge in [0.2, 0.25) is 0 Å². The van der Waals surface area contributed by atoms with Gasteiger partial charge in [-0.15, -0.1) is 0 Å². The van der Waals surface area contributed by atoms with Crippen LogP contribution >= 0.6 is 11.6 Å². The molecule has 0 aliphatic carbocycles. The highest BCUT2D eigenvalue weighted by atomic mass is 35.5. The van der Waals surface area contributed by atoms with Gasteiger partial charge in [0.25, 0.3) is 5.91 Å². The Morgan fingerprint density at radius 1 is 1.35 bits per heavy atom. The van der Waals surface area contributed by atoms with Crippen LogP contribution in [-0.2, 0) is 16.0 Å². The van der Waals surface area contributed by atoms with Crippen molar-refractivity contribution in [3.05, 3.63) is 22.7 Å². The molecule has 1 aliphatic heterocycles. The first-order chi connectivity index (χ1) is 11.0. The number of carbonyl (C=O) groups excluding carboxylic acids is 1. The Labute approximate surface area is 143 Å². The van der Waals surface area contributed by atoms with Crippen LogP contribution in [0.15, 0.2) is 12.1 Å². The van der Waals surface area contributed by atoms with Crippen molar-refractivity contribution in [3.63, 3.8) is 0 Å². The Hall–Kier alpha value is -1.26. The SMILES string of the molecule is COc1ccc(Cl)c2c1N(C(=O)C(C)OCCC(C)C)CCC2. The van der Waals surface area contributed by atoms with E-state index >= 15 is 0 Å². The molecular weight excluding hydrogens is 314 g/mol. The van der Waals surface area contributed by atoms with Crippen LogP contribution in [0.1, 0.15) is 39.2 Å². The smallest absolute Gasteiger partial charge is 0.255 e. The lowest BCUT2D eigenvalue weighted by Gasteiger charge is -2.33. The lowest BCUT2D eigenvalue weighted by Crippen LogP contribution is -2.42. The van der Waals surface area contributed by atoms with Gasteiger partial charge < -0.3 is 14.4 Å². The van der Waals surface area contributed by atoms with Crippen molar-refractivity contribution in [2.24, 2.45) is 5.92 Å². The summed E-state index contributed by atoms with van der Waals surface area (Å²) in [5.74, 6) is 1.22. The van der Waals surface area contributed by atoms with Crippen molar-refractivity contribution < 1.29 is 14.3 Å². The summed E-state index contributed by atoms with van der Waals surface area (Å²) >= 11 is 6.31. The second-order valence-electron chi connectivity index (χ2n) is 6.37. The third-order valence-electron chi connectivity index (χ3n) is 4.16. The molecule has 1 atom stereocenters. The van der Waals surface area contributed by atoms with Crippen molar-refractivity contribution in [2.45, 2.75) is 46.1 Å². The molecule has 0 fully saturated rings. The van der Waals surface area contributed by atoms with E-state index < -0.39 is 6.10 Å². The van der Waals surface area contributed by atoms with E-state index in [1.54, 1.807) is 12.0 Å². The molecule has 0 spiro atoms. The molecule has 5 heteroatoms. The van der Waals surface area contributed by atoms with Gasteiger partial charge in [-0.1, -0.05) is 25.4 Å². The maximum Gasteiger partial charge on any atom is 0.255 e. The Morgan fingerprint density at radius 3 is 2.74 bits per heavy atom. The van der Waals surface area contributed by atoms with Gasteiger partial charge in [0.15, 0.2) is 0 Å². The maximum atomic E-state index is 12.8. The van der Waals surface area contributed by atoms with Crippen LogP contribution in [0.5, 0.6) is 5.75 Å². The number of ether oxygens (including phenoxy) is 2. The number of methoxy groups -OCH3 is 1. The van der Waals surface area contributed by atoms with E-state index in [1.165, 1.54) is 0 Å². The summed E-state index contributed by atoms with van der Waals surface area (Å²) < 4.78 is 11.2. The number of hydrogen-bond donors (Lipinski definition) is 0. The van der Waals surface area contributed by atoms with E-state index in [-0.39, 0.29) is 5.91 Å². The van der Waals surface area contributed by atoms with Crippen molar-refractivity contribution >= 4 is 23.2 Å². The molecule has 1 amide bonds. The predicted molar refractivity (Wildman–Crippen MR) is 93.5 cm³/mol. The van der Waals surface area contributed by atoms with Crippen LogP contribution in [0.2, 0.25) is 5.02 Å². The number of halogens is 1. The summed E-state index contributed by atoms with van der Waals surface area (Å²) in [6.45, 7) is 7.36. The number of nitrogens with zero attached hydrogens (tertiary/aromatic N) is 1. The molecule has 1 aromatic rings. The summed E-state index contributed by atoms with van der Waals surface area (Å²) in [7, 11) is 1.61. The fraction of sp³-hybridized carbons (Fsp3) is 0.611. The highest BCUT2D eigenvalue weighted by Gasteiger charge is 2.30. The number of amides is 1. The fourth-order valence-electron chi connectivity index (χ4n) is 2.81. The molecule has 0 radical (unpaired) electrons. The van der Waals surface area contributed by atoms with Crippen molar-refractivity contribution in [1.82, 2.24) is 0 Å². The van der Waals surface area contributed by atoms with E-state index in [1.807, 2.05) is 19.1 Å². The lowest BCUT2D eigenvalue weighted by atomic mass is 10.00. The topological polar surface area (TPSA) is 38.8 Å². The van der Waals surface area contributed by atoms with Crippen LogP contribution in [0, 0.1) is 5.92 Å². The number of benzene rings is 1. The minimum atomic E-state index is -0.469. The molecule has 0 bridgehead atoms. The zero-order valence-corrected chi connectivity index (χ0v) is 15.2. The standard InChI is InChI=1S/C18H26ClNO3/c1-12(2)9-11-23-13(3)18(21)20-10-5-6-14-15(19)7-8-16(22-4)17(14)20/h7-8,12-13H,5-6,9-11H2,1-4H3. The zero-order chi connectivity index (χ0) is 17.0. The minimum Gasteiger partial charge on any atom is -0.495 e. The van der Waals surface area contributed by atoms with Gasteiger partial charge in [-0.05, 0) is 49.8 Å². The first-order valence-corrected chi connectivity index (χ1v) is 8.61. The van der Waals surface area contributed by atoms with Gasteiger partial charge in [-0.2, -0.15) is 0 Å². The van der Waals surface area contributed by atoms with Crippen molar-refractivity contribution in [2.75, 3.05) is 25.2 Å². The van der Waals surface area contributed by atoms with Crippen LogP contribution in [0.3, 0.4) is 0 Å². The van der Waals surface area contributed by atoms with Gasteiger partial charge in [-0.3, -0.25) is 4.79 Å². The number of hydrogen-bond acceptors (Lipinski definition) is 3. The van der Waals surface area contributed by atoms with Crippen molar-refractivity contribution in [3.8, 4) is 5.75 Å². The molecule has 1 heterocycles. The molecule has 0 saturated carbocycles. The summed E-state index contributed by atoms with van der Waals surface area (Å²) in [6.07, 6.45) is 2.23. The Bertz CT molecular complexity index is 559. The number of anilines is 1. The van der Waals surface area contributed by atoms with Gasteiger partial charge in [0.05, 0.1) is 12.8 Å². The number of fused-ring (bicyclic) bond motifs is 1. The van der Waals surface area contributed by atoms with E-state index in [2.05, 4.69) is 13.8 Å². The first kappa shape index (κ1) is 18.1. The predicted octanol–water partition coefficient (Wildman–Crippen LogP) is 4.08. The van der Waals surface area contributed by atoms with Gasteiger partial charge in [0.1, 0.15) is 11.9 Å². The van der Waals surface area contributed by atoms with Gasteiger partial charge >= 0.3 is 0 Å². The second-order valence-corrected chi connectivity index (χ2v) is 6.77. The lowest BCUT2D eigenvalue weighted by molar-refractivity contribution is -0.129. The zero-order valence-electron chi connectivity index (χ0n) is 14.4. The van der Waals surface area contributed by atoms with Crippen LogP contribution in [0.25, 0.3) is 0 Å². The highest BCUT2D eigenvalue weighted by Crippen LogP contribution is 2.40. The highest BCUT2D eigenvalue weighted by molar-refractivity contribution is 6.32. The fourth-order valence-corrected chi connectivity index (χ4v) is 3.05. The average molecular weight is 340 g/mol. The quantitative estimate of drug-likeness (QED) is 0.784. The summed E-state index contributed by atoms with van der Waals surface area (Å²) in [5.41, 5.74) is 1.79. The van der Waals surface area contributed by atoms with Gasteiger partial charge in [0, 0.05) is 18.2 Å². The van der Waals surface area contributed by atoms with E-state index in [4.69, 9.17) is 21.1 Å². The Balaban J connectivity index is 2.19. The largest absolute Gasteiger partial charge is 0.495 e. The summed E-state index contributed by atoms with van der Waals surface area (Å²) in [6, 6.07) is 3.65. The molecule has 0 N–H and O–H groups in total. The number of carbonyl (C=O) groups is 1. The van der Waals surface area contributed by atoms with E-state index in [0.717, 1.165) is 30.5 Å². The Kier molecular flexibility index (Phi) is 6.31. The minimum absolute atomic E-state index is 0.0322. The third kappa shape index (κ3) is 4.18. The maximum absolute atomic E-state index is 12.8. The Morgan fingerprint density at radius 2 is 2.09 bits per heavy atom. The third-order valence-corrected chi connectivity index (χ3v) is 4.52. The van der Waals surface area contributed by atoms with Crippen LogP contribution in [-0.4, -0.2) is 32.3 Å². The molecule has 4 nitrogen and oxygen atoms in total. The molecule has 128 valence electrons. The first-order valence-electron chi connectivity index (χ1n) is 8.24. The van der Waals surface area contributed by atoms with Crippen molar-refractivity contribution in [1.29, 1.82) is 0 Å². The molecular formula is C18H26ClNO3. The monoisotopic (exact) mass is 339 g/mol. The molecule has 23 heavy (non-hydrogen) atoms. The average Bonchev–Trinajstić information content (AvgIpc) is 2.54.